The molecule has 4 nitrogen and oxygen atoms in total. The second-order valence-corrected chi connectivity index (χ2v) is 3.20. The van der Waals surface area contributed by atoms with E-state index in [2.05, 4.69) is 0 Å². The number of carbonyl (C=O) groups is 2. The summed E-state index contributed by atoms with van der Waals surface area (Å²) >= 11 is 0. The van der Waals surface area contributed by atoms with E-state index in [1.54, 1.807) is 6.07 Å². The first kappa shape index (κ1) is 11.0. The van der Waals surface area contributed by atoms with Gasteiger partial charge in [-0.2, -0.15) is 0 Å². The molecule has 2 amide bonds. The van der Waals surface area contributed by atoms with E-state index in [9.17, 15) is 9.59 Å². The number of hydrogen-bond acceptors (Lipinski definition) is 2. The number of amides is 2. The van der Waals surface area contributed by atoms with Gasteiger partial charge in [0.05, 0.1) is 0 Å². The van der Waals surface area contributed by atoms with Crippen LogP contribution in [0.3, 0.4) is 0 Å². The summed E-state index contributed by atoms with van der Waals surface area (Å²) in [4.78, 5) is 21.8. The highest BCUT2D eigenvalue weighted by atomic mass is 16.2. The van der Waals surface area contributed by atoms with Crippen LogP contribution in [0.1, 0.15) is 11.1 Å². The van der Waals surface area contributed by atoms with Crippen LogP contribution < -0.4 is 11.5 Å². The highest BCUT2D eigenvalue weighted by Crippen LogP contribution is 2.08. The van der Waals surface area contributed by atoms with Crippen LogP contribution in [0.15, 0.2) is 29.8 Å². The fraction of sp³-hybridized carbons (Fsp3) is 0.0909. The van der Waals surface area contributed by atoms with Crippen molar-refractivity contribution in [1.82, 2.24) is 0 Å². The van der Waals surface area contributed by atoms with E-state index >= 15 is 0 Å². The molecular formula is C11H12N2O2. The van der Waals surface area contributed by atoms with Crippen molar-refractivity contribution >= 4 is 17.9 Å². The Kier molecular flexibility index (Phi) is 3.23. The molecule has 4 heteroatoms. The van der Waals surface area contributed by atoms with Crippen molar-refractivity contribution in [2.24, 2.45) is 11.5 Å². The molecule has 1 aromatic rings. The minimum absolute atomic E-state index is 0.194. The third kappa shape index (κ3) is 2.95. The standard InChI is InChI=1S/C11H12N2O2/c1-7-3-2-4-8(5-7)6-9(10(12)14)11(13)15/h2-6H,1H3,(H2,12,14)(H2,13,15). The summed E-state index contributed by atoms with van der Waals surface area (Å²) in [5.74, 6) is -1.63. The molecule has 0 aliphatic rings. The molecular weight excluding hydrogens is 192 g/mol. The zero-order valence-electron chi connectivity index (χ0n) is 8.36. The summed E-state index contributed by atoms with van der Waals surface area (Å²) in [6, 6.07) is 7.32. The molecule has 1 rings (SSSR count). The number of rotatable bonds is 3. The van der Waals surface area contributed by atoms with Gasteiger partial charge >= 0.3 is 0 Å². The summed E-state index contributed by atoms with van der Waals surface area (Å²) in [6.45, 7) is 1.91. The van der Waals surface area contributed by atoms with Gasteiger partial charge in [0, 0.05) is 0 Å². The SMILES string of the molecule is Cc1cccc(C=C(C(N)=O)C(N)=O)c1. The number of aryl methyl sites for hydroxylation is 1. The van der Waals surface area contributed by atoms with Gasteiger partial charge in [0.2, 0.25) is 0 Å². The van der Waals surface area contributed by atoms with Gasteiger partial charge < -0.3 is 11.5 Å². The predicted molar refractivity (Wildman–Crippen MR) is 57.5 cm³/mol. The van der Waals surface area contributed by atoms with Crippen molar-refractivity contribution in [3.05, 3.63) is 41.0 Å². The zero-order valence-corrected chi connectivity index (χ0v) is 8.36. The minimum Gasteiger partial charge on any atom is -0.365 e. The van der Waals surface area contributed by atoms with Crippen molar-refractivity contribution in [2.75, 3.05) is 0 Å². The van der Waals surface area contributed by atoms with Crippen LogP contribution in [0, 0.1) is 6.92 Å². The van der Waals surface area contributed by atoms with Gasteiger partial charge in [-0.1, -0.05) is 29.8 Å². The lowest BCUT2D eigenvalue weighted by molar-refractivity contribution is -0.120. The molecule has 15 heavy (non-hydrogen) atoms. The number of carbonyl (C=O) groups excluding carboxylic acids is 2. The first-order chi connectivity index (χ1) is 7.00. The van der Waals surface area contributed by atoms with Gasteiger partial charge in [-0.15, -0.1) is 0 Å². The number of nitrogens with two attached hydrogens (primary N) is 2. The lowest BCUT2D eigenvalue weighted by Gasteiger charge is -1.99. The quantitative estimate of drug-likeness (QED) is 0.423. The Labute approximate surface area is 87.6 Å². The Morgan fingerprint density at radius 1 is 1.20 bits per heavy atom. The van der Waals surface area contributed by atoms with E-state index in [0.29, 0.717) is 0 Å². The van der Waals surface area contributed by atoms with Crippen molar-refractivity contribution in [2.45, 2.75) is 6.92 Å². The molecule has 0 fully saturated rings. The summed E-state index contributed by atoms with van der Waals surface area (Å²) in [6.07, 6.45) is 1.39. The predicted octanol–water partition coefficient (Wildman–Crippen LogP) is 0.349. The monoisotopic (exact) mass is 204 g/mol. The van der Waals surface area contributed by atoms with Crippen LogP contribution in [0.25, 0.3) is 6.08 Å². The van der Waals surface area contributed by atoms with Crippen molar-refractivity contribution in [3.63, 3.8) is 0 Å². The average molecular weight is 204 g/mol. The van der Waals surface area contributed by atoms with Gasteiger partial charge in [-0.3, -0.25) is 9.59 Å². The molecule has 0 unspecified atom stereocenters. The lowest BCUT2D eigenvalue weighted by atomic mass is 10.1. The number of benzene rings is 1. The Morgan fingerprint density at radius 2 is 1.80 bits per heavy atom. The summed E-state index contributed by atoms with van der Waals surface area (Å²) < 4.78 is 0. The molecule has 78 valence electrons. The number of hydrogen-bond donors (Lipinski definition) is 2. The molecule has 0 heterocycles. The van der Waals surface area contributed by atoms with Crippen LogP contribution in [-0.2, 0) is 9.59 Å². The van der Waals surface area contributed by atoms with Crippen LogP contribution in [0.2, 0.25) is 0 Å². The normalized spacial score (nSPS) is 9.40. The van der Waals surface area contributed by atoms with E-state index in [4.69, 9.17) is 11.5 Å². The summed E-state index contributed by atoms with van der Waals surface area (Å²) in [5, 5.41) is 0. The highest BCUT2D eigenvalue weighted by Gasteiger charge is 2.10. The van der Waals surface area contributed by atoms with E-state index in [1.165, 1.54) is 6.08 Å². The third-order valence-corrected chi connectivity index (χ3v) is 1.88. The Balaban J connectivity index is 3.13. The molecule has 0 radical (unpaired) electrons. The van der Waals surface area contributed by atoms with Gasteiger partial charge in [-0.05, 0) is 18.6 Å². The molecule has 0 saturated carbocycles. The minimum atomic E-state index is -0.816. The Hall–Kier alpha value is -2.10. The maximum absolute atomic E-state index is 10.9. The second-order valence-electron chi connectivity index (χ2n) is 3.20. The van der Waals surface area contributed by atoms with Crippen LogP contribution in [0.4, 0.5) is 0 Å². The van der Waals surface area contributed by atoms with Gasteiger partial charge in [0.25, 0.3) is 11.8 Å². The molecule has 0 aliphatic carbocycles. The van der Waals surface area contributed by atoms with E-state index in [-0.39, 0.29) is 5.57 Å². The maximum Gasteiger partial charge on any atom is 0.254 e. The molecule has 0 aliphatic heterocycles. The smallest absolute Gasteiger partial charge is 0.254 e. The fourth-order valence-electron chi connectivity index (χ4n) is 1.19. The summed E-state index contributed by atoms with van der Waals surface area (Å²) in [7, 11) is 0. The van der Waals surface area contributed by atoms with Crippen molar-refractivity contribution in [1.29, 1.82) is 0 Å². The molecule has 4 N–H and O–H groups in total. The molecule has 0 atom stereocenters. The Morgan fingerprint density at radius 3 is 2.27 bits per heavy atom. The number of primary amides is 2. The molecule has 0 saturated heterocycles. The molecule has 0 aromatic heterocycles. The van der Waals surface area contributed by atoms with E-state index < -0.39 is 11.8 Å². The fourth-order valence-corrected chi connectivity index (χ4v) is 1.19. The average Bonchev–Trinajstić information content (AvgIpc) is 2.13. The molecule has 1 aromatic carbocycles. The molecule has 0 bridgehead atoms. The Bertz CT molecular complexity index is 420. The highest BCUT2D eigenvalue weighted by molar-refractivity contribution is 6.20. The van der Waals surface area contributed by atoms with E-state index in [0.717, 1.165) is 11.1 Å². The van der Waals surface area contributed by atoms with Crippen molar-refractivity contribution < 1.29 is 9.59 Å². The third-order valence-electron chi connectivity index (χ3n) is 1.88. The van der Waals surface area contributed by atoms with Gasteiger partial charge in [0.15, 0.2) is 0 Å². The van der Waals surface area contributed by atoms with E-state index in [1.807, 2.05) is 25.1 Å². The summed E-state index contributed by atoms with van der Waals surface area (Å²) in [5.41, 5.74) is 11.6. The van der Waals surface area contributed by atoms with Gasteiger partial charge in [0.1, 0.15) is 5.57 Å². The zero-order chi connectivity index (χ0) is 11.4. The topological polar surface area (TPSA) is 86.2 Å². The largest absolute Gasteiger partial charge is 0.365 e. The lowest BCUT2D eigenvalue weighted by Crippen LogP contribution is -2.25. The van der Waals surface area contributed by atoms with Crippen molar-refractivity contribution in [3.8, 4) is 0 Å². The van der Waals surface area contributed by atoms with Crippen LogP contribution >= 0.6 is 0 Å². The van der Waals surface area contributed by atoms with Crippen LogP contribution in [-0.4, -0.2) is 11.8 Å². The van der Waals surface area contributed by atoms with Crippen LogP contribution in [0.5, 0.6) is 0 Å². The first-order valence-corrected chi connectivity index (χ1v) is 4.38. The van der Waals surface area contributed by atoms with Gasteiger partial charge in [-0.25, -0.2) is 0 Å². The second kappa shape index (κ2) is 4.41. The first-order valence-electron chi connectivity index (χ1n) is 4.38. The molecule has 0 spiro atoms. The maximum atomic E-state index is 10.9.